The quantitative estimate of drug-likeness (QED) is 0.747. The molecule has 106 valence electrons. The van der Waals surface area contributed by atoms with Crippen molar-refractivity contribution < 1.29 is 18.7 Å². The maximum absolute atomic E-state index is 13.3. The number of benzene rings is 1. The van der Waals surface area contributed by atoms with Crippen LogP contribution in [0.1, 0.15) is 36.8 Å². The lowest BCUT2D eigenvalue weighted by Gasteiger charge is -2.20. The molecule has 0 atom stereocenters. The Bertz CT molecular complexity index is 695. The normalized spacial score (nSPS) is 11.7. The molecule has 0 aliphatic rings. The first-order chi connectivity index (χ1) is 9.24. The molecule has 0 N–H and O–H groups in total. The highest BCUT2D eigenvalue weighted by atomic mass is 19.1. The number of halogens is 1. The van der Waals surface area contributed by atoms with Crippen LogP contribution in [0.5, 0.6) is 0 Å². The molecule has 0 radical (unpaired) electrons. The van der Waals surface area contributed by atoms with E-state index in [9.17, 15) is 14.0 Å². The molecule has 2 rings (SSSR count). The van der Waals surface area contributed by atoms with Gasteiger partial charge in [-0.2, -0.15) is 0 Å². The Kier molecular flexibility index (Phi) is 3.38. The minimum atomic E-state index is -0.651. The lowest BCUT2D eigenvalue weighted by molar-refractivity contribution is 0.0541. The van der Waals surface area contributed by atoms with E-state index in [0.717, 1.165) is 0 Å². The predicted octanol–water partition coefficient (Wildman–Crippen LogP) is 3.68. The van der Waals surface area contributed by atoms with Gasteiger partial charge in [0.25, 0.3) is 0 Å². The van der Waals surface area contributed by atoms with E-state index < -0.39 is 17.5 Å². The van der Waals surface area contributed by atoms with Crippen LogP contribution in [0.15, 0.2) is 18.2 Å². The van der Waals surface area contributed by atoms with Gasteiger partial charge in [0.05, 0.1) is 5.52 Å². The van der Waals surface area contributed by atoms with Crippen LogP contribution in [-0.2, 0) is 4.74 Å². The molecule has 1 aromatic heterocycles. The summed E-state index contributed by atoms with van der Waals surface area (Å²) in [4.78, 5) is 23.4. The maximum Gasteiger partial charge on any atom is 0.419 e. The summed E-state index contributed by atoms with van der Waals surface area (Å²) in [7, 11) is 0. The first-order valence-corrected chi connectivity index (χ1v) is 6.23. The van der Waals surface area contributed by atoms with Gasteiger partial charge in [-0.15, -0.1) is 0 Å². The number of nitrogens with zero attached hydrogens (tertiary/aromatic N) is 1. The van der Waals surface area contributed by atoms with Crippen molar-refractivity contribution in [3.63, 3.8) is 0 Å². The molecule has 0 aliphatic heterocycles. The second-order valence-electron chi connectivity index (χ2n) is 5.59. The van der Waals surface area contributed by atoms with Gasteiger partial charge in [-0.3, -0.25) is 4.79 Å². The Balaban J connectivity index is 2.67. The number of carbonyl (C=O) groups excluding carboxylic acids is 2. The van der Waals surface area contributed by atoms with E-state index in [-0.39, 0.29) is 0 Å². The van der Waals surface area contributed by atoms with Gasteiger partial charge >= 0.3 is 6.09 Å². The van der Waals surface area contributed by atoms with Crippen LogP contribution in [0.4, 0.5) is 9.18 Å². The molecule has 0 saturated carbocycles. The highest BCUT2D eigenvalue weighted by molar-refractivity contribution is 6.03. The van der Waals surface area contributed by atoms with Crippen LogP contribution in [0.3, 0.4) is 0 Å². The lowest BCUT2D eigenvalue weighted by Crippen LogP contribution is -2.27. The van der Waals surface area contributed by atoms with Crippen LogP contribution in [0.2, 0.25) is 0 Å². The van der Waals surface area contributed by atoms with Gasteiger partial charge in [0.2, 0.25) is 0 Å². The lowest BCUT2D eigenvalue weighted by atomic mass is 10.1. The van der Waals surface area contributed by atoms with Gasteiger partial charge in [-0.25, -0.2) is 13.8 Å². The minimum Gasteiger partial charge on any atom is -0.443 e. The molecular formula is C15H16FNO3. The fourth-order valence-corrected chi connectivity index (χ4v) is 2.11. The number of aromatic nitrogens is 1. The van der Waals surface area contributed by atoms with Crippen LogP contribution in [-0.4, -0.2) is 22.5 Å². The number of hydrogen-bond donors (Lipinski definition) is 0. The average molecular weight is 277 g/mol. The fraction of sp³-hybridized carbons (Fsp3) is 0.333. The molecule has 2 aromatic rings. The summed E-state index contributed by atoms with van der Waals surface area (Å²) in [6.07, 6.45) is 0.0394. The SMILES string of the molecule is Cc1c(C=O)c2cc(F)ccc2n1C(=O)OC(C)(C)C. The monoisotopic (exact) mass is 277 g/mol. The van der Waals surface area contributed by atoms with E-state index in [4.69, 9.17) is 4.74 Å². The zero-order valence-electron chi connectivity index (χ0n) is 11.9. The van der Waals surface area contributed by atoms with Crippen molar-refractivity contribution in [1.29, 1.82) is 0 Å². The minimum absolute atomic E-state index is 0.297. The van der Waals surface area contributed by atoms with Crippen LogP contribution >= 0.6 is 0 Å². The molecule has 1 aromatic carbocycles. The highest BCUT2D eigenvalue weighted by Gasteiger charge is 2.23. The van der Waals surface area contributed by atoms with Crippen molar-refractivity contribution in [2.45, 2.75) is 33.3 Å². The summed E-state index contributed by atoms with van der Waals surface area (Å²) in [6.45, 7) is 6.90. The summed E-state index contributed by atoms with van der Waals surface area (Å²) in [5, 5.41) is 0.406. The second kappa shape index (κ2) is 4.74. The molecule has 20 heavy (non-hydrogen) atoms. The van der Waals surface area contributed by atoms with Gasteiger partial charge in [-0.05, 0) is 45.9 Å². The zero-order chi connectivity index (χ0) is 15.1. The molecule has 0 aliphatic carbocycles. The smallest absolute Gasteiger partial charge is 0.419 e. The van der Waals surface area contributed by atoms with Crippen molar-refractivity contribution >= 4 is 23.3 Å². The summed E-state index contributed by atoms with van der Waals surface area (Å²) in [5.74, 6) is -0.457. The van der Waals surface area contributed by atoms with Gasteiger partial charge in [0, 0.05) is 16.6 Å². The van der Waals surface area contributed by atoms with Gasteiger partial charge in [0.15, 0.2) is 6.29 Å². The predicted molar refractivity (Wildman–Crippen MR) is 73.7 cm³/mol. The Morgan fingerprint density at radius 2 is 2.00 bits per heavy atom. The van der Waals surface area contributed by atoms with Crippen molar-refractivity contribution in [3.05, 3.63) is 35.3 Å². The fourth-order valence-electron chi connectivity index (χ4n) is 2.11. The summed E-state index contributed by atoms with van der Waals surface area (Å²) < 4.78 is 19.9. The number of carbonyl (C=O) groups is 2. The van der Waals surface area contributed by atoms with E-state index in [0.29, 0.717) is 28.4 Å². The largest absolute Gasteiger partial charge is 0.443 e. The average Bonchev–Trinajstić information content (AvgIpc) is 2.57. The molecule has 4 nitrogen and oxygen atoms in total. The molecule has 0 bridgehead atoms. The Labute approximate surface area is 116 Å². The van der Waals surface area contributed by atoms with Crippen molar-refractivity contribution in [2.24, 2.45) is 0 Å². The molecule has 0 spiro atoms. The summed E-state index contributed by atoms with van der Waals surface area (Å²) >= 11 is 0. The molecule has 1 heterocycles. The molecule has 0 unspecified atom stereocenters. The molecule has 0 fully saturated rings. The van der Waals surface area contributed by atoms with Crippen molar-refractivity contribution in [3.8, 4) is 0 Å². The van der Waals surface area contributed by atoms with E-state index in [1.165, 1.54) is 22.8 Å². The Morgan fingerprint density at radius 1 is 1.35 bits per heavy atom. The molecule has 0 saturated heterocycles. The third-order valence-corrected chi connectivity index (χ3v) is 2.91. The van der Waals surface area contributed by atoms with E-state index in [2.05, 4.69) is 0 Å². The third kappa shape index (κ3) is 2.43. The highest BCUT2D eigenvalue weighted by Crippen LogP contribution is 2.26. The van der Waals surface area contributed by atoms with Gasteiger partial charge in [-0.1, -0.05) is 0 Å². The van der Waals surface area contributed by atoms with Crippen molar-refractivity contribution in [2.75, 3.05) is 0 Å². The maximum atomic E-state index is 13.3. The Hall–Kier alpha value is -2.17. The van der Waals surface area contributed by atoms with E-state index >= 15 is 0 Å². The topological polar surface area (TPSA) is 48.3 Å². The summed E-state index contributed by atoms with van der Waals surface area (Å²) in [6, 6.07) is 3.96. The van der Waals surface area contributed by atoms with Gasteiger partial charge < -0.3 is 4.74 Å². The molecule has 5 heteroatoms. The van der Waals surface area contributed by atoms with Gasteiger partial charge in [0.1, 0.15) is 11.4 Å². The number of aldehydes is 1. The van der Waals surface area contributed by atoms with E-state index in [1.807, 2.05) is 0 Å². The van der Waals surface area contributed by atoms with Crippen LogP contribution in [0, 0.1) is 12.7 Å². The number of fused-ring (bicyclic) bond motifs is 1. The standard InChI is InChI=1S/C15H16FNO3/c1-9-12(8-18)11-7-10(16)5-6-13(11)17(9)14(19)20-15(2,3)4/h5-8H,1-4H3. The molecular weight excluding hydrogens is 261 g/mol. The van der Waals surface area contributed by atoms with Crippen LogP contribution in [0.25, 0.3) is 10.9 Å². The first kappa shape index (κ1) is 14.2. The molecule has 0 amide bonds. The van der Waals surface area contributed by atoms with Crippen molar-refractivity contribution in [1.82, 2.24) is 4.57 Å². The number of ether oxygens (including phenoxy) is 1. The number of hydrogen-bond acceptors (Lipinski definition) is 3. The summed E-state index contributed by atoms with van der Waals surface area (Å²) in [5.41, 5.74) is 0.544. The second-order valence-corrected chi connectivity index (χ2v) is 5.59. The zero-order valence-corrected chi connectivity index (χ0v) is 11.9. The number of rotatable bonds is 1. The first-order valence-electron chi connectivity index (χ1n) is 6.23. The van der Waals surface area contributed by atoms with Crippen LogP contribution < -0.4 is 0 Å². The van der Waals surface area contributed by atoms with E-state index in [1.54, 1.807) is 27.7 Å². The third-order valence-electron chi connectivity index (χ3n) is 2.91. The Morgan fingerprint density at radius 3 is 2.55 bits per heavy atom.